The lowest BCUT2D eigenvalue weighted by Crippen LogP contribution is -2.45. The second kappa shape index (κ2) is 5.13. The Labute approximate surface area is 93.5 Å². The van der Waals surface area contributed by atoms with E-state index in [2.05, 4.69) is 0 Å². The average molecular weight is 232 g/mol. The zero-order valence-electron chi connectivity index (χ0n) is 9.54. The van der Waals surface area contributed by atoms with Gasteiger partial charge in [0.2, 0.25) is 0 Å². The molecule has 1 fully saturated rings. The number of likely N-dealkylation sites (tertiary alicyclic amines) is 1. The van der Waals surface area contributed by atoms with E-state index in [9.17, 15) is 9.59 Å². The predicted octanol–water partition coefficient (Wildman–Crippen LogP) is -0.226. The number of hydrogen-bond donors (Lipinski definition) is 1. The Bertz CT molecular complexity index is 283. The molecule has 1 rings (SSSR count). The summed E-state index contributed by atoms with van der Waals surface area (Å²) in [6.45, 7) is 0.208. The van der Waals surface area contributed by atoms with Gasteiger partial charge >= 0.3 is 6.09 Å². The molecule has 7 nitrogen and oxygen atoms in total. The largest absolute Gasteiger partial charge is 0.465 e. The van der Waals surface area contributed by atoms with Crippen LogP contribution in [0.3, 0.4) is 0 Å². The molecule has 16 heavy (non-hydrogen) atoms. The fourth-order valence-corrected chi connectivity index (χ4v) is 1.71. The molecule has 0 aliphatic carbocycles. The summed E-state index contributed by atoms with van der Waals surface area (Å²) in [6.07, 6.45) is -1.01. The molecule has 1 heterocycles. The normalized spacial score (nSPS) is 24.6. The van der Waals surface area contributed by atoms with Gasteiger partial charge in [0.1, 0.15) is 6.04 Å². The molecule has 0 spiro atoms. The Morgan fingerprint density at radius 3 is 2.50 bits per heavy atom. The van der Waals surface area contributed by atoms with Crippen molar-refractivity contribution in [1.29, 1.82) is 0 Å². The quantitative estimate of drug-likeness (QED) is 0.680. The monoisotopic (exact) mass is 232 g/mol. The molecule has 1 aliphatic rings. The molecule has 0 radical (unpaired) electrons. The molecular formula is C9H16N2O5. The van der Waals surface area contributed by atoms with Crippen LogP contribution in [-0.2, 0) is 14.4 Å². The van der Waals surface area contributed by atoms with E-state index in [4.69, 9.17) is 14.7 Å². The lowest BCUT2D eigenvalue weighted by molar-refractivity contribution is -0.173. The van der Waals surface area contributed by atoms with Gasteiger partial charge in [-0.25, -0.2) is 9.86 Å². The van der Waals surface area contributed by atoms with Gasteiger partial charge in [-0.05, 0) is 0 Å². The Balaban J connectivity index is 2.76. The lowest BCUT2D eigenvalue weighted by atomic mass is 10.2. The van der Waals surface area contributed by atoms with Crippen molar-refractivity contribution in [2.45, 2.75) is 18.6 Å². The van der Waals surface area contributed by atoms with E-state index in [1.165, 1.54) is 21.3 Å². The summed E-state index contributed by atoms with van der Waals surface area (Å²) in [7, 11) is 4.30. The topological polar surface area (TPSA) is 79.3 Å². The van der Waals surface area contributed by atoms with Crippen molar-refractivity contribution in [2.24, 2.45) is 0 Å². The van der Waals surface area contributed by atoms with Gasteiger partial charge in [-0.1, -0.05) is 0 Å². The van der Waals surface area contributed by atoms with Crippen LogP contribution in [-0.4, -0.2) is 67.0 Å². The highest BCUT2D eigenvalue weighted by Gasteiger charge is 2.41. The zero-order chi connectivity index (χ0) is 12.3. The van der Waals surface area contributed by atoms with Crippen molar-refractivity contribution >= 4 is 12.0 Å². The second-order valence-electron chi connectivity index (χ2n) is 3.56. The number of carboxylic acid groups (broad SMARTS) is 1. The maximum Gasteiger partial charge on any atom is 0.408 e. The van der Waals surface area contributed by atoms with Gasteiger partial charge in [0.15, 0.2) is 0 Å². The number of nitrogens with zero attached hydrogens (tertiary/aromatic N) is 2. The standard InChI is InChI=1S/C9H16N2O5/c1-10(16-3)8(12)7-4-6(15-2)5-11(7)9(13)14/h6-7H,4-5H2,1-3H3,(H,13,14)/t6?,7-/m1/s1. The first kappa shape index (κ1) is 12.7. The molecular weight excluding hydrogens is 216 g/mol. The van der Waals surface area contributed by atoms with Crippen LogP contribution < -0.4 is 0 Å². The van der Waals surface area contributed by atoms with Gasteiger partial charge in [0.25, 0.3) is 5.91 Å². The third-order valence-corrected chi connectivity index (χ3v) is 2.71. The summed E-state index contributed by atoms with van der Waals surface area (Å²) in [4.78, 5) is 28.6. The minimum absolute atomic E-state index is 0.208. The van der Waals surface area contributed by atoms with E-state index < -0.39 is 12.1 Å². The van der Waals surface area contributed by atoms with Crippen molar-refractivity contribution in [2.75, 3.05) is 27.8 Å². The maximum absolute atomic E-state index is 11.8. The maximum atomic E-state index is 11.8. The minimum Gasteiger partial charge on any atom is -0.465 e. The first-order chi connectivity index (χ1) is 7.51. The molecule has 1 saturated heterocycles. The van der Waals surface area contributed by atoms with Crippen LogP contribution in [0, 0.1) is 0 Å². The molecule has 1 N–H and O–H groups in total. The van der Waals surface area contributed by atoms with Gasteiger partial charge < -0.3 is 9.84 Å². The van der Waals surface area contributed by atoms with Crippen LogP contribution in [0.15, 0.2) is 0 Å². The number of methoxy groups -OCH3 is 1. The van der Waals surface area contributed by atoms with Crippen LogP contribution >= 0.6 is 0 Å². The molecule has 0 aromatic carbocycles. The highest BCUT2D eigenvalue weighted by atomic mass is 16.7. The van der Waals surface area contributed by atoms with E-state index in [1.807, 2.05) is 0 Å². The number of hydrogen-bond acceptors (Lipinski definition) is 4. The Morgan fingerprint density at radius 1 is 1.44 bits per heavy atom. The Kier molecular flexibility index (Phi) is 4.08. The number of likely N-dealkylation sites (N-methyl/N-ethyl adjacent to an activating group) is 1. The fourth-order valence-electron chi connectivity index (χ4n) is 1.71. The summed E-state index contributed by atoms with van der Waals surface area (Å²) >= 11 is 0. The first-order valence-corrected chi connectivity index (χ1v) is 4.85. The van der Waals surface area contributed by atoms with Gasteiger partial charge in [-0.15, -0.1) is 0 Å². The van der Waals surface area contributed by atoms with E-state index in [0.717, 1.165) is 9.96 Å². The number of carbonyl (C=O) groups is 2. The molecule has 0 aromatic rings. The summed E-state index contributed by atoms with van der Waals surface area (Å²) in [5.74, 6) is -0.385. The van der Waals surface area contributed by atoms with Crippen molar-refractivity contribution in [3.05, 3.63) is 0 Å². The lowest BCUT2D eigenvalue weighted by Gasteiger charge is -2.23. The van der Waals surface area contributed by atoms with Crippen LogP contribution in [0.25, 0.3) is 0 Å². The van der Waals surface area contributed by atoms with E-state index in [-0.39, 0.29) is 18.6 Å². The molecule has 7 heteroatoms. The van der Waals surface area contributed by atoms with E-state index >= 15 is 0 Å². The number of rotatable bonds is 3. The molecule has 1 unspecified atom stereocenters. The molecule has 2 atom stereocenters. The summed E-state index contributed by atoms with van der Waals surface area (Å²) < 4.78 is 5.07. The molecule has 1 aliphatic heterocycles. The second-order valence-corrected chi connectivity index (χ2v) is 3.56. The Morgan fingerprint density at radius 2 is 2.06 bits per heavy atom. The van der Waals surface area contributed by atoms with E-state index in [0.29, 0.717) is 6.42 Å². The number of amides is 2. The summed E-state index contributed by atoms with van der Waals surface area (Å²) in [5, 5.41) is 9.99. The SMILES string of the molecule is COC1C[C@H](C(=O)N(C)OC)N(C(=O)O)C1. The van der Waals surface area contributed by atoms with Crippen molar-refractivity contribution in [1.82, 2.24) is 9.96 Å². The molecule has 0 saturated carbocycles. The molecule has 0 bridgehead atoms. The first-order valence-electron chi connectivity index (χ1n) is 4.85. The number of hydroxylamine groups is 2. The molecule has 0 aromatic heterocycles. The zero-order valence-corrected chi connectivity index (χ0v) is 9.54. The Hall–Kier alpha value is -1.34. The van der Waals surface area contributed by atoms with Gasteiger partial charge in [0.05, 0.1) is 19.8 Å². The van der Waals surface area contributed by atoms with Crippen LogP contribution in [0.2, 0.25) is 0 Å². The van der Waals surface area contributed by atoms with Crippen LogP contribution in [0.4, 0.5) is 4.79 Å². The molecule has 2 amide bonds. The fraction of sp³-hybridized carbons (Fsp3) is 0.778. The highest BCUT2D eigenvalue weighted by Crippen LogP contribution is 2.21. The predicted molar refractivity (Wildman–Crippen MR) is 53.7 cm³/mol. The van der Waals surface area contributed by atoms with Crippen molar-refractivity contribution in [3.63, 3.8) is 0 Å². The van der Waals surface area contributed by atoms with Gasteiger partial charge in [-0.2, -0.15) is 0 Å². The molecule has 92 valence electrons. The van der Waals surface area contributed by atoms with Crippen molar-refractivity contribution in [3.8, 4) is 0 Å². The average Bonchev–Trinajstić information content (AvgIpc) is 2.71. The minimum atomic E-state index is -1.12. The van der Waals surface area contributed by atoms with E-state index in [1.54, 1.807) is 0 Å². The van der Waals surface area contributed by atoms with Crippen LogP contribution in [0.5, 0.6) is 0 Å². The van der Waals surface area contributed by atoms with Gasteiger partial charge in [0, 0.05) is 20.6 Å². The van der Waals surface area contributed by atoms with Gasteiger partial charge in [-0.3, -0.25) is 14.5 Å². The van der Waals surface area contributed by atoms with Crippen LogP contribution in [0.1, 0.15) is 6.42 Å². The number of carbonyl (C=O) groups excluding carboxylic acids is 1. The third-order valence-electron chi connectivity index (χ3n) is 2.71. The van der Waals surface area contributed by atoms with Crippen molar-refractivity contribution < 1.29 is 24.3 Å². The third kappa shape index (κ3) is 2.42. The summed E-state index contributed by atoms with van der Waals surface area (Å²) in [5.41, 5.74) is 0. The summed E-state index contributed by atoms with van der Waals surface area (Å²) in [6, 6.07) is -0.729. The highest BCUT2D eigenvalue weighted by molar-refractivity contribution is 5.85. The number of ether oxygens (including phenoxy) is 1. The smallest absolute Gasteiger partial charge is 0.408 e.